The van der Waals surface area contributed by atoms with E-state index < -0.39 is 0 Å². The molecule has 0 radical (unpaired) electrons. The second-order valence-electron chi connectivity index (χ2n) is 7.76. The van der Waals surface area contributed by atoms with E-state index in [1.54, 1.807) is 0 Å². The van der Waals surface area contributed by atoms with Gasteiger partial charge in [0.25, 0.3) is 0 Å². The van der Waals surface area contributed by atoms with Crippen LogP contribution in [0.1, 0.15) is 58.8 Å². The highest BCUT2D eigenvalue weighted by Gasteiger charge is 2.38. The Morgan fingerprint density at radius 1 is 0.895 bits per heavy atom. The van der Waals surface area contributed by atoms with Gasteiger partial charge in [-0.1, -0.05) is 13.8 Å². The first-order valence-corrected chi connectivity index (χ1v) is 8.58. The van der Waals surface area contributed by atoms with Gasteiger partial charge in [-0.05, 0) is 76.3 Å². The molecule has 5 unspecified atom stereocenters. The van der Waals surface area contributed by atoms with Gasteiger partial charge in [-0.2, -0.15) is 0 Å². The molecule has 2 aliphatic heterocycles. The normalized spacial score (nSPS) is 47.5. The van der Waals surface area contributed by atoms with Gasteiger partial charge in [0.2, 0.25) is 0 Å². The highest BCUT2D eigenvalue weighted by Crippen LogP contribution is 2.37. The van der Waals surface area contributed by atoms with Crippen molar-refractivity contribution in [3.05, 3.63) is 0 Å². The maximum Gasteiger partial charge on any atom is 0.00988 e. The minimum Gasteiger partial charge on any atom is -0.314 e. The molecule has 0 aromatic rings. The molecule has 0 spiro atoms. The topological polar surface area (TPSA) is 15.3 Å². The summed E-state index contributed by atoms with van der Waals surface area (Å²) in [5.74, 6) is 2.81. The molecule has 0 aromatic heterocycles. The van der Waals surface area contributed by atoms with Crippen LogP contribution in [-0.4, -0.2) is 36.6 Å². The van der Waals surface area contributed by atoms with Gasteiger partial charge in [0.05, 0.1) is 0 Å². The summed E-state index contributed by atoms with van der Waals surface area (Å²) in [5.41, 5.74) is 0. The largest absolute Gasteiger partial charge is 0.314 e. The van der Waals surface area contributed by atoms with Gasteiger partial charge in [0, 0.05) is 18.1 Å². The molecule has 3 fully saturated rings. The van der Waals surface area contributed by atoms with Crippen molar-refractivity contribution in [3.8, 4) is 0 Å². The van der Waals surface area contributed by atoms with Crippen LogP contribution in [0.4, 0.5) is 0 Å². The third kappa shape index (κ3) is 3.00. The van der Waals surface area contributed by atoms with Crippen molar-refractivity contribution in [2.75, 3.05) is 13.6 Å². The predicted molar refractivity (Wildman–Crippen MR) is 81.3 cm³/mol. The lowest BCUT2D eigenvalue weighted by atomic mass is 9.79. The van der Waals surface area contributed by atoms with Crippen molar-refractivity contribution < 1.29 is 0 Å². The van der Waals surface area contributed by atoms with Crippen molar-refractivity contribution in [3.63, 3.8) is 0 Å². The van der Waals surface area contributed by atoms with Gasteiger partial charge >= 0.3 is 0 Å². The van der Waals surface area contributed by atoms with Crippen molar-refractivity contribution in [2.45, 2.75) is 76.9 Å². The maximum absolute atomic E-state index is 3.91. The lowest BCUT2D eigenvalue weighted by molar-refractivity contribution is 0.127. The van der Waals surface area contributed by atoms with E-state index in [-0.39, 0.29) is 0 Å². The van der Waals surface area contributed by atoms with Crippen molar-refractivity contribution in [2.24, 2.45) is 17.8 Å². The third-order valence-electron chi connectivity index (χ3n) is 6.49. The molecule has 3 aliphatic rings. The van der Waals surface area contributed by atoms with E-state index in [4.69, 9.17) is 0 Å². The zero-order valence-corrected chi connectivity index (χ0v) is 13.1. The van der Waals surface area contributed by atoms with Crippen LogP contribution in [0.2, 0.25) is 0 Å². The molecule has 2 nitrogen and oxygen atoms in total. The summed E-state index contributed by atoms with van der Waals surface area (Å²) in [6.45, 7) is 6.15. The number of nitrogens with zero attached hydrogens (tertiary/aromatic N) is 1. The van der Waals surface area contributed by atoms with E-state index in [0.29, 0.717) is 0 Å². The first kappa shape index (κ1) is 13.9. The average molecular weight is 264 g/mol. The molecule has 2 saturated heterocycles. The van der Waals surface area contributed by atoms with Crippen LogP contribution < -0.4 is 5.32 Å². The molecule has 2 bridgehead atoms. The summed E-state index contributed by atoms with van der Waals surface area (Å²) >= 11 is 0. The number of fused-ring (bicyclic) bond motifs is 2. The predicted octanol–water partition coefficient (Wildman–Crippen LogP) is 3.27. The smallest absolute Gasteiger partial charge is 0.00988 e. The number of hydrogen-bond acceptors (Lipinski definition) is 2. The zero-order chi connectivity index (χ0) is 13.4. The molecule has 1 aliphatic carbocycles. The van der Waals surface area contributed by atoms with Gasteiger partial charge in [-0.15, -0.1) is 0 Å². The molecule has 19 heavy (non-hydrogen) atoms. The van der Waals surface area contributed by atoms with Crippen LogP contribution in [0.5, 0.6) is 0 Å². The van der Waals surface area contributed by atoms with Crippen LogP contribution in [-0.2, 0) is 0 Å². The number of nitrogens with one attached hydrogen (secondary N) is 1. The Labute approximate surface area is 119 Å². The molecular weight excluding hydrogens is 232 g/mol. The van der Waals surface area contributed by atoms with Gasteiger partial charge in [0.15, 0.2) is 0 Å². The van der Waals surface area contributed by atoms with E-state index in [9.17, 15) is 0 Å². The SMILES string of the molecule is CC1CCC(NCC2CC3CCC(C2)N3C)CC1C. The number of hydrogen-bond donors (Lipinski definition) is 1. The Bertz CT molecular complexity index is 290. The van der Waals surface area contributed by atoms with Gasteiger partial charge < -0.3 is 10.2 Å². The number of rotatable bonds is 3. The van der Waals surface area contributed by atoms with Crippen LogP contribution >= 0.6 is 0 Å². The summed E-state index contributed by atoms with van der Waals surface area (Å²) in [5, 5.41) is 3.91. The van der Waals surface area contributed by atoms with Gasteiger partial charge in [0.1, 0.15) is 0 Å². The fourth-order valence-electron chi connectivity index (χ4n) is 4.76. The minimum atomic E-state index is 0.809. The maximum atomic E-state index is 3.91. The summed E-state index contributed by atoms with van der Waals surface area (Å²) in [4.78, 5) is 2.65. The van der Waals surface area contributed by atoms with E-state index in [2.05, 4.69) is 31.1 Å². The molecule has 5 atom stereocenters. The molecule has 0 aromatic carbocycles. The van der Waals surface area contributed by atoms with Crippen LogP contribution in [0.15, 0.2) is 0 Å². The Morgan fingerprint density at radius 2 is 1.58 bits per heavy atom. The summed E-state index contributed by atoms with van der Waals surface area (Å²) < 4.78 is 0. The summed E-state index contributed by atoms with van der Waals surface area (Å²) in [6, 6.07) is 2.61. The lowest BCUT2D eigenvalue weighted by Gasteiger charge is -2.38. The van der Waals surface area contributed by atoms with Gasteiger partial charge in [-0.25, -0.2) is 0 Å². The Kier molecular flexibility index (Phi) is 4.19. The van der Waals surface area contributed by atoms with Crippen LogP contribution in [0.3, 0.4) is 0 Å². The Balaban J connectivity index is 1.43. The zero-order valence-electron chi connectivity index (χ0n) is 13.1. The van der Waals surface area contributed by atoms with Crippen molar-refractivity contribution in [1.82, 2.24) is 10.2 Å². The standard InChI is InChI=1S/C17H32N2/c1-12-4-5-15(8-13(12)2)18-11-14-9-16-6-7-17(10-14)19(16)3/h12-18H,4-11H2,1-3H3. The lowest BCUT2D eigenvalue weighted by Crippen LogP contribution is -2.45. The van der Waals surface area contributed by atoms with E-state index in [1.807, 2.05) is 0 Å². The molecule has 3 rings (SSSR count). The van der Waals surface area contributed by atoms with Crippen molar-refractivity contribution in [1.29, 1.82) is 0 Å². The van der Waals surface area contributed by atoms with Crippen LogP contribution in [0, 0.1) is 17.8 Å². The molecule has 2 heteroatoms. The van der Waals surface area contributed by atoms with E-state index >= 15 is 0 Å². The third-order valence-corrected chi connectivity index (χ3v) is 6.49. The highest BCUT2D eigenvalue weighted by atomic mass is 15.2. The van der Waals surface area contributed by atoms with Crippen LogP contribution in [0.25, 0.3) is 0 Å². The average Bonchev–Trinajstić information content (AvgIpc) is 2.64. The van der Waals surface area contributed by atoms with Gasteiger partial charge in [-0.3, -0.25) is 0 Å². The minimum absolute atomic E-state index is 0.809. The summed E-state index contributed by atoms with van der Waals surface area (Å²) in [7, 11) is 2.34. The van der Waals surface area contributed by atoms with E-state index in [0.717, 1.165) is 35.9 Å². The fraction of sp³-hybridized carbons (Fsp3) is 1.00. The summed E-state index contributed by atoms with van der Waals surface area (Å²) in [6.07, 6.45) is 10.0. The first-order chi connectivity index (χ1) is 9.13. The van der Waals surface area contributed by atoms with Crippen molar-refractivity contribution >= 4 is 0 Å². The second kappa shape index (κ2) is 5.73. The quantitative estimate of drug-likeness (QED) is 0.841. The Morgan fingerprint density at radius 3 is 2.21 bits per heavy atom. The monoisotopic (exact) mass is 264 g/mol. The first-order valence-electron chi connectivity index (χ1n) is 8.58. The molecule has 110 valence electrons. The fourth-order valence-corrected chi connectivity index (χ4v) is 4.76. The molecule has 2 heterocycles. The molecular formula is C17H32N2. The number of piperidine rings is 1. The molecule has 1 saturated carbocycles. The Hall–Kier alpha value is -0.0800. The highest BCUT2D eigenvalue weighted by molar-refractivity contribution is 4.94. The van der Waals surface area contributed by atoms with E-state index in [1.165, 1.54) is 51.5 Å². The molecule has 0 amide bonds. The second-order valence-corrected chi connectivity index (χ2v) is 7.76. The molecule has 1 N–H and O–H groups in total.